The Morgan fingerprint density at radius 1 is 1.44 bits per heavy atom. The van der Waals surface area contributed by atoms with Crippen LogP contribution in [0, 0.1) is 12.8 Å². The third-order valence-corrected chi connectivity index (χ3v) is 3.16. The second kappa shape index (κ2) is 5.05. The Morgan fingerprint density at radius 2 is 2.17 bits per heavy atom. The third-order valence-electron chi connectivity index (χ3n) is 3.16. The normalized spacial score (nSPS) is 27.6. The lowest BCUT2D eigenvalue weighted by Crippen LogP contribution is -2.35. The summed E-state index contributed by atoms with van der Waals surface area (Å²) in [6.07, 6.45) is 0.831. The average Bonchev–Trinajstić information content (AvgIpc) is 2.77. The summed E-state index contributed by atoms with van der Waals surface area (Å²) < 4.78 is 6.76. The number of aromatic nitrogens is 2. The lowest BCUT2D eigenvalue weighted by molar-refractivity contribution is -0.0408. The fourth-order valence-electron chi connectivity index (χ4n) is 2.17. The van der Waals surface area contributed by atoms with E-state index in [1.807, 2.05) is 0 Å². The van der Waals surface area contributed by atoms with E-state index in [0.29, 0.717) is 12.0 Å². The van der Waals surface area contributed by atoms with Gasteiger partial charge in [-0.2, -0.15) is 0 Å². The van der Waals surface area contributed by atoms with Crippen LogP contribution >= 0.6 is 0 Å². The molecule has 7 heteroatoms. The molecule has 0 spiro atoms. The van der Waals surface area contributed by atoms with Gasteiger partial charge in [0.15, 0.2) is 0 Å². The number of aliphatic hydroxyl groups excluding tert-OH is 2. The van der Waals surface area contributed by atoms with Gasteiger partial charge in [0.2, 0.25) is 0 Å². The number of aromatic amines is 1. The monoisotopic (exact) mass is 256 g/mol. The lowest BCUT2D eigenvalue weighted by atomic mass is 10.0. The van der Waals surface area contributed by atoms with Gasteiger partial charge in [-0.15, -0.1) is 0 Å². The van der Waals surface area contributed by atoms with Gasteiger partial charge in [-0.25, -0.2) is 4.79 Å². The van der Waals surface area contributed by atoms with E-state index in [4.69, 9.17) is 9.84 Å². The van der Waals surface area contributed by atoms with Crippen molar-refractivity contribution in [1.82, 2.24) is 9.55 Å². The molecule has 1 aliphatic rings. The van der Waals surface area contributed by atoms with E-state index in [-0.39, 0.29) is 19.1 Å². The highest BCUT2D eigenvalue weighted by Crippen LogP contribution is 2.32. The Labute approximate surface area is 103 Å². The average molecular weight is 256 g/mol. The van der Waals surface area contributed by atoms with Crippen molar-refractivity contribution in [2.45, 2.75) is 25.7 Å². The number of H-pyrrole nitrogens is 1. The van der Waals surface area contributed by atoms with Gasteiger partial charge in [-0.3, -0.25) is 14.3 Å². The highest BCUT2D eigenvalue weighted by atomic mass is 16.5. The van der Waals surface area contributed by atoms with Crippen LogP contribution in [0.25, 0.3) is 0 Å². The lowest BCUT2D eigenvalue weighted by Gasteiger charge is -2.19. The quantitative estimate of drug-likeness (QED) is 0.625. The summed E-state index contributed by atoms with van der Waals surface area (Å²) in [5.41, 5.74) is -0.622. The minimum atomic E-state index is -0.657. The topological polar surface area (TPSA) is 105 Å². The van der Waals surface area contributed by atoms with Crippen LogP contribution in [0.15, 0.2) is 15.8 Å². The minimum Gasteiger partial charge on any atom is -0.396 e. The smallest absolute Gasteiger partial charge is 0.330 e. The summed E-state index contributed by atoms with van der Waals surface area (Å²) in [5, 5.41) is 18.3. The zero-order valence-corrected chi connectivity index (χ0v) is 10.00. The van der Waals surface area contributed by atoms with Gasteiger partial charge >= 0.3 is 5.69 Å². The van der Waals surface area contributed by atoms with Crippen LogP contribution in [0.2, 0.25) is 0 Å². The molecule has 2 rings (SSSR count). The molecule has 18 heavy (non-hydrogen) atoms. The molecular weight excluding hydrogens is 240 g/mol. The minimum absolute atomic E-state index is 0.147. The van der Waals surface area contributed by atoms with Crippen LogP contribution in [0.1, 0.15) is 18.2 Å². The molecule has 1 saturated heterocycles. The zero-order chi connectivity index (χ0) is 13.3. The number of hydrogen-bond donors (Lipinski definition) is 3. The van der Waals surface area contributed by atoms with Gasteiger partial charge in [0.25, 0.3) is 5.56 Å². The SMILES string of the molecule is Cc1cn([C@@H]2O[C@H](CO)CC2CO)c(=O)[nH]c1=O. The first kappa shape index (κ1) is 13.0. The molecule has 0 amide bonds. The predicted octanol–water partition coefficient (Wildman–Crippen LogP) is -1.27. The molecule has 1 fully saturated rings. The maximum absolute atomic E-state index is 11.7. The molecule has 3 atom stereocenters. The fraction of sp³-hybridized carbons (Fsp3) is 0.636. The maximum atomic E-state index is 11.7. The molecule has 0 aromatic carbocycles. The van der Waals surface area contributed by atoms with Crippen LogP contribution in [0.4, 0.5) is 0 Å². The first-order chi connectivity index (χ1) is 8.56. The summed E-state index contributed by atoms with van der Waals surface area (Å²) in [6.45, 7) is 1.27. The predicted molar refractivity (Wildman–Crippen MR) is 62.2 cm³/mol. The molecular formula is C11H16N2O5. The summed E-state index contributed by atoms with van der Waals surface area (Å²) in [6, 6.07) is 0. The molecule has 1 aliphatic heterocycles. The van der Waals surface area contributed by atoms with Crippen molar-refractivity contribution >= 4 is 0 Å². The first-order valence-electron chi connectivity index (χ1n) is 5.76. The van der Waals surface area contributed by atoms with E-state index in [0.717, 1.165) is 0 Å². The number of ether oxygens (including phenoxy) is 1. The molecule has 1 unspecified atom stereocenters. The highest BCUT2D eigenvalue weighted by Gasteiger charge is 2.36. The Morgan fingerprint density at radius 3 is 2.78 bits per heavy atom. The standard InChI is InChI=1S/C11H16N2O5/c1-6-3-13(11(17)12-9(6)16)10-7(4-14)2-8(5-15)18-10/h3,7-8,10,14-15H,2,4-5H2,1H3,(H,12,16,17)/t7?,8-,10+/m0/s1. The van der Waals surface area contributed by atoms with E-state index in [1.165, 1.54) is 10.8 Å². The Bertz CT molecular complexity index is 535. The van der Waals surface area contributed by atoms with Crippen molar-refractivity contribution in [1.29, 1.82) is 0 Å². The maximum Gasteiger partial charge on any atom is 0.330 e. The molecule has 2 heterocycles. The zero-order valence-electron chi connectivity index (χ0n) is 10.00. The third kappa shape index (κ3) is 2.24. The van der Waals surface area contributed by atoms with E-state index in [2.05, 4.69) is 4.98 Å². The van der Waals surface area contributed by atoms with Crippen LogP contribution < -0.4 is 11.2 Å². The molecule has 3 N–H and O–H groups in total. The van der Waals surface area contributed by atoms with Crippen molar-refractivity contribution < 1.29 is 14.9 Å². The molecule has 0 aliphatic carbocycles. The van der Waals surface area contributed by atoms with Crippen molar-refractivity contribution in [2.75, 3.05) is 13.2 Å². The molecule has 100 valence electrons. The van der Waals surface area contributed by atoms with Gasteiger partial charge < -0.3 is 14.9 Å². The summed E-state index contributed by atoms with van der Waals surface area (Å²) in [5.74, 6) is -0.273. The van der Waals surface area contributed by atoms with E-state index in [9.17, 15) is 14.7 Å². The van der Waals surface area contributed by atoms with Crippen LogP contribution in [-0.2, 0) is 4.74 Å². The molecule has 1 aromatic rings. The number of hydrogen-bond acceptors (Lipinski definition) is 5. The molecule has 0 bridgehead atoms. The number of aryl methyl sites for hydroxylation is 1. The van der Waals surface area contributed by atoms with Crippen molar-refractivity contribution in [3.05, 3.63) is 32.6 Å². The summed E-state index contributed by atoms with van der Waals surface area (Å²) >= 11 is 0. The van der Waals surface area contributed by atoms with Crippen molar-refractivity contribution in [3.63, 3.8) is 0 Å². The van der Waals surface area contributed by atoms with Gasteiger partial charge in [0, 0.05) is 17.7 Å². The first-order valence-corrected chi connectivity index (χ1v) is 5.76. The molecule has 0 radical (unpaired) electrons. The largest absolute Gasteiger partial charge is 0.396 e. The second-order valence-corrected chi connectivity index (χ2v) is 4.49. The Balaban J connectivity index is 2.39. The van der Waals surface area contributed by atoms with Gasteiger partial charge in [0.05, 0.1) is 19.3 Å². The molecule has 7 nitrogen and oxygen atoms in total. The van der Waals surface area contributed by atoms with E-state index < -0.39 is 23.6 Å². The van der Waals surface area contributed by atoms with Crippen LogP contribution in [-0.4, -0.2) is 39.1 Å². The molecule has 1 aromatic heterocycles. The van der Waals surface area contributed by atoms with Crippen molar-refractivity contribution in [3.8, 4) is 0 Å². The number of aliphatic hydroxyl groups is 2. The number of rotatable bonds is 3. The van der Waals surface area contributed by atoms with Crippen LogP contribution in [0.5, 0.6) is 0 Å². The van der Waals surface area contributed by atoms with Gasteiger partial charge in [-0.05, 0) is 13.3 Å². The van der Waals surface area contributed by atoms with E-state index in [1.54, 1.807) is 6.92 Å². The Hall–Kier alpha value is -1.44. The molecule has 0 saturated carbocycles. The Kier molecular flexibility index (Phi) is 3.65. The summed E-state index contributed by atoms with van der Waals surface area (Å²) in [4.78, 5) is 25.2. The summed E-state index contributed by atoms with van der Waals surface area (Å²) in [7, 11) is 0. The highest BCUT2D eigenvalue weighted by molar-refractivity contribution is 5.02. The van der Waals surface area contributed by atoms with Crippen LogP contribution in [0.3, 0.4) is 0 Å². The van der Waals surface area contributed by atoms with Gasteiger partial charge in [-0.1, -0.05) is 0 Å². The van der Waals surface area contributed by atoms with Crippen molar-refractivity contribution in [2.24, 2.45) is 5.92 Å². The fourth-order valence-corrected chi connectivity index (χ4v) is 2.17. The van der Waals surface area contributed by atoms with Gasteiger partial charge in [0.1, 0.15) is 6.23 Å². The number of nitrogens with zero attached hydrogens (tertiary/aromatic N) is 1. The van der Waals surface area contributed by atoms with E-state index >= 15 is 0 Å². The second-order valence-electron chi connectivity index (χ2n) is 4.49. The number of nitrogens with one attached hydrogen (secondary N) is 1.